The minimum atomic E-state index is 0.295. The predicted octanol–water partition coefficient (Wildman–Crippen LogP) is 0.903. The highest BCUT2D eigenvalue weighted by Crippen LogP contribution is 2.18. The van der Waals surface area contributed by atoms with Crippen LogP contribution < -0.4 is 5.73 Å². The summed E-state index contributed by atoms with van der Waals surface area (Å²) < 4.78 is 5.18. The van der Waals surface area contributed by atoms with Crippen LogP contribution in [-0.2, 0) is 4.74 Å². The van der Waals surface area contributed by atoms with Gasteiger partial charge in [-0.05, 0) is 12.8 Å². The Morgan fingerprint density at radius 1 is 1.33 bits per heavy atom. The van der Waals surface area contributed by atoms with Gasteiger partial charge in [-0.2, -0.15) is 0 Å². The minimum Gasteiger partial charge on any atom is -0.380 e. The summed E-state index contributed by atoms with van der Waals surface area (Å²) in [6.07, 6.45) is 5.18. The lowest BCUT2D eigenvalue weighted by Crippen LogP contribution is -2.38. The predicted molar refractivity (Wildman–Crippen MR) is 37.2 cm³/mol. The van der Waals surface area contributed by atoms with Gasteiger partial charge in [-0.25, -0.2) is 0 Å². The maximum absolute atomic E-state index is 5.76. The molecule has 1 aliphatic carbocycles. The fraction of sp³-hybridized carbons (Fsp3) is 1.00. The van der Waals surface area contributed by atoms with Crippen molar-refractivity contribution in [2.45, 2.75) is 37.8 Å². The minimum absolute atomic E-state index is 0.295. The molecule has 0 bridgehead atoms. The largest absolute Gasteiger partial charge is 0.380 e. The fourth-order valence-corrected chi connectivity index (χ4v) is 1.42. The zero-order valence-corrected chi connectivity index (χ0v) is 5.97. The average Bonchev–Trinajstić information content (AvgIpc) is 1.89. The summed E-state index contributed by atoms with van der Waals surface area (Å²) >= 11 is 0. The molecule has 0 unspecified atom stereocenters. The Bertz CT molecular complexity index is 85.0. The summed E-state index contributed by atoms with van der Waals surface area (Å²) in [6, 6.07) is 0.295. The third-order valence-corrected chi connectivity index (χ3v) is 2.06. The zero-order valence-electron chi connectivity index (χ0n) is 5.97. The second-order valence-corrected chi connectivity index (χ2v) is 2.72. The zero-order chi connectivity index (χ0) is 6.69. The monoisotopic (exact) mass is 129 g/mol. The van der Waals surface area contributed by atoms with Crippen molar-refractivity contribution in [2.75, 3.05) is 7.11 Å². The Kier molecular flexibility index (Phi) is 2.49. The standard InChI is InChI=1S/C7H15NO/c1-9-7-5-3-2-4-6(7)8/h6-7H,2-5,8H2,1H3/t6-,7+/m1/s1. The second-order valence-electron chi connectivity index (χ2n) is 2.72. The van der Waals surface area contributed by atoms with E-state index in [0.717, 1.165) is 12.8 Å². The number of hydrogen-bond donors (Lipinski definition) is 1. The van der Waals surface area contributed by atoms with Crippen molar-refractivity contribution in [2.24, 2.45) is 5.73 Å². The molecule has 0 radical (unpaired) electrons. The van der Waals surface area contributed by atoms with E-state index in [2.05, 4.69) is 0 Å². The van der Waals surface area contributed by atoms with E-state index in [1.807, 2.05) is 0 Å². The van der Waals surface area contributed by atoms with Gasteiger partial charge in [0.15, 0.2) is 0 Å². The van der Waals surface area contributed by atoms with Crippen LogP contribution in [0.3, 0.4) is 0 Å². The van der Waals surface area contributed by atoms with Crippen LogP contribution in [-0.4, -0.2) is 19.3 Å². The molecule has 9 heavy (non-hydrogen) atoms. The van der Waals surface area contributed by atoms with Crippen molar-refractivity contribution in [1.29, 1.82) is 0 Å². The summed E-state index contributed by atoms with van der Waals surface area (Å²) in [7, 11) is 1.75. The van der Waals surface area contributed by atoms with Gasteiger partial charge in [0.25, 0.3) is 0 Å². The third-order valence-electron chi connectivity index (χ3n) is 2.06. The van der Waals surface area contributed by atoms with Crippen LogP contribution in [0.2, 0.25) is 0 Å². The van der Waals surface area contributed by atoms with E-state index < -0.39 is 0 Å². The lowest BCUT2D eigenvalue weighted by atomic mass is 9.93. The number of nitrogens with two attached hydrogens (primary N) is 1. The van der Waals surface area contributed by atoms with E-state index in [1.165, 1.54) is 12.8 Å². The van der Waals surface area contributed by atoms with Gasteiger partial charge >= 0.3 is 0 Å². The van der Waals surface area contributed by atoms with Gasteiger partial charge in [0.05, 0.1) is 6.10 Å². The molecule has 0 amide bonds. The first kappa shape index (κ1) is 7.03. The molecular formula is C7H15NO. The van der Waals surface area contributed by atoms with E-state index >= 15 is 0 Å². The quantitative estimate of drug-likeness (QED) is 0.571. The van der Waals surface area contributed by atoms with Crippen LogP contribution in [0.5, 0.6) is 0 Å². The molecule has 1 rings (SSSR count). The van der Waals surface area contributed by atoms with Crippen LogP contribution >= 0.6 is 0 Å². The Hall–Kier alpha value is -0.0800. The molecule has 0 spiro atoms. The van der Waals surface area contributed by atoms with E-state index in [9.17, 15) is 0 Å². The van der Waals surface area contributed by atoms with Gasteiger partial charge in [-0.3, -0.25) is 0 Å². The highest BCUT2D eigenvalue weighted by molar-refractivity contribution is 4.77. The molecule has 0 heterocycles. The van der Waals surface area contributed by atoms with E-state index in [0.29, 0.717) is 12.1 Å². The van der Waals surface area contributed by atoms with Crippen LogP contribution in [0.25, 0.3) is 0 Å². The second kappa shape index (κ2) is 3.18. The summed E-state index contributed by atoms with van der Waals surface area (Å²) in [5.74, 6) is 0. The molecule has 2 N–H and O–H groups in total. The molecule has 0 saturated heterocycles. The van der Waals surface area contributed by atoms with Crippen molar-refractivity contribution in [3.8, 4) is 0 Å². The van der Waals surface area contributed by atoms with Gasteiger partial charge in [0.2, 0.25) is 0 Å². The molecular weight excluding hydrogens is 114 g/mol. The third kappa shape index (κ3) is 1.66. The smallest absolute Gasteiger partial charge is 0.0722 e. The molecule has 0 aromatic heterocycles. The molecule has 2 heteroatoms. The SMILES string of the molecule is CO[C@H]1CCCC[C@H]1N. The number of rotatable bonds is 1. The summed E-state index contributed by atoms with van der Waals surface area (Å²) in [4.78, 5) is 0. The van der Waals surface area contributed by atoms with Gasteiger partial charge in [0, 0.05) is 13.2 Å². The Morgan fingerprint density at radius 3 is 2.44 bits per heavy atom. The van der Waals surface area contributed by atoms with Gasteiger partial charge in [-0.1, -0.05) is 12.8 Å². The summed E-state index contributed by atoms with van der Waals surface area (Å²) in [5, 5.41) is 0. The molecule has 54 valence electrons. The normalized spacial score (nSPS) is 36.7. The molecule has 2 nitrogen and oxygen atoms in total. The molecule has 1 aliphatic rings. The first-order chi connectivity index (χ1) is 4.34. The maximum Gasteiger partial charge on any atom is 0.0722 e. The van der Waals surface area contributed by atoms with Gasteiger partial charge in [0.1, 0.15) is 0 Å². The van der Waals surface area contributed by atoms with Crippen LogP contribution in [0.4, 0.5) is 0 Å². The first-order valence-corrected chi connectivity index (χ1v) is 3.63. The van der Waals surface area contributed by atoms with Crippen molar-refractivity contribution in [1.82, 2.24) is 0 Å². The lowest BCUT2D eigenvalue weighted by molar-refractivity contribution is 0.0545. The molecule has 1 fully saturated rings. The highest BCUT2D eigenvalue weighted by atomic mass is 16.5. The summed E-state index contributed by atoms with van der Waals surface area (Å²) in [5.41, 5.74) is 5.76. The molecule has 1 saturated carbocycles. The molecule has 0 aromatic carbocycles. The Morgan fingerprint density at radius 2 is 2.00 bits per heavy atom. The molecule has 0 aromatic rings. The van der Waals surface area contributed by atoms with Gasteiger partial charge < -0.3 is 10.5 Å². The molecule has 2 atom stereocenters. The first-order valence-electron chi connectivity index (χ1n) is 3.63. The van der Waals surface area contributed by atoms with Crippen molar-refractivity contribution in [3.05, 3.63) is 0 Å². The number of ether oxygens (including phenoxy) is 1. The van der Waals surface area contributed by atoms with Crippen LogP contribution in [0.15, 0.2) is 0 Å². The summed E-state index contributed by atoms with van der Waals surface area (Å²) in [6.45, 7) is 0. The highest BCUT2D eigenvalue weighted by Gasteiger charge is 2.20. The van der Waals surface area contributed by atoms with E-state index in [4.69, 9.17) is 10.5 Å². The van der Waals surface area contributed by atoms with Crippen LogP contribution in [0, 0.1) is 0 Å². The lowest BCUT2D eigenvalue weighted by Gasteiger charge is -2.26. The van der Waals surface area contributed by atoms with E-state index in [1.54, 1.807) is 7.11 Å². The Balaban J connectivity index is 2.30. The topological polar surface area (TPSA) is 35.2 Å². The van der Waals surface area contributed by atoms with Crippen molar-refractivity contribution < 1.29 is 4.74 Å². The van der Waals surface area contributed by atoms with Crippen molar-refractivity contribution in [3.63, 3.8) is 0 Å². The number of hydrogen-bond acceptors (Lipinski definition) is 2. The van der Waals surface area contributed by atoms with E-state index in [-0.39, 0.29) is 0 Å². The number of methoxy groups -OCH3 is 1. The fourth-order valence-electron chi connectivity index (χ4n) is 1.42. The van der Waals surface area contributed by atoms with Crippen LogP contribution in [0.1, 0.15) is 25.7 Å². The maximum atomic E-state index is 5.76. The average molecular weight is 129 g/mol. The molecule has 0 aliphatic heterocycles. The Labute approximate surface area is 56.4 Å². The van der Waals surface area contributed by atoms with Gasteiger partial charge in [-0.15, -0.1) is 0 Å². The van der Waals surface area contributed by atoms with Crippen molar-refractivity contribution >= 4 is 0 Å².